The van der Waals surface area contributed by atoms with Gasteiger partial charge in [0.25, 0.3) is 5.70 Å². The van der Waals surface area contributed by atoms with Crippen molar-refractivity contribution < 1.29 is 40.6 Å². The minimum absolute atomic E-state index is 0.181. The maximum atomic E-state index is 15.7. The molecule has 0 radical (unpaired) electrons. The molecule has 2 aliphatic heterocycles. The van der Waals surface area contributed by atoms with Gasteiger partial charge in [-0.2, -0.15) is 17.7 Å². The minimum atomic E-state index is -5.19. The van der Waals surface area contributed by atoms with Crippen molar-refractivity contribution in [2.24, 2.45) is 7.05 Å². The number of carbonyl (C=O) groups excluding carboxylic acids is 1. The quantitative estimate of drug-likeness (QED) is 0.263. The molecule has 2 aromatic rings. The van der Waals surface area contributed by atoms with E-state index in [1.165, 1.54) is 10.6 Å². The summed E-state index contributed by atoms with van der Waals surface area (Å²) in [6.07, 6.45) is 2.61. The van der Waals surface area contributed by atoms with Crippen molar-refractivity contribution in [3.8, 4) is 11.3 Å². The Morgan fingerprint density at radius 3 is 2.47 bits per heavy atom. The Bertz CT molecular complexity index is 1250. The van der Waals surface area contributed by atoms with E-state index in [2.05, 4.69) is 0 Å². The Morgan fingerprint density at radius 1 is 1.11 bits per heavy atom. The summed E-state index contributed by atoms with van der Waals surface area (Å²) in [5.74, 6) is -3.67. The van der Waals surface area contributed by atoms with Crippen LogP contribution in [0.15, 0.2) is 42.2 Å². The van der Waals surface area contributed by atoms with Gasteiger partial charge in [0.05, 0.1) is 12.0 Å². The zero-order valence-electron chi connectivity index (χ0n) is 20.5. The van der Waals surface area contributed by atoms with Crippen LogP contribution in [0.1, 0.15) is 63.5 Å². The molecule has 0 amide bonds. The number of ether oxygens (including phenoxy) is 1. The number of esters is 1. The van der Waals surface area contributed by atoms with Crippen LogP contribution in [-0.4, -0.2) is 23.0 Å². The molecule has 192 valence electrons. The van der Waals surface area contributed by atoms with Crippen molar-refractivity contribution in [2.75, 3.05) is 0 Å². The first-order valence-electron chi connectivity index (χ1n) is 12.1. The SMILES string of the molecule is CCC(CC)(CCC1OC(=O)C2=CCCC=[N+]21)c1cc(F)c(C(F)(F)F)c(F)c1-c1cccc[n+]1C. The fourth-order valence-electron chi connectivity index (χ4n) is 5.39. The lowest BCUT2D eigenvalue weighted by Gasteiger charge is -2.34. The highest BCUT2D eigenvalue weighted by molar-refractivity contribution is 5.88. The first-order valence-corrected chi connectivity index (χ1v) is 12.1. The van der Waals surface area contributed by atoms with Gasteiger partial charge in [0.2, 0.25) is 5.69 Å². The molecule has 1 aromatic carbocycles. The molecule has 0 bridgehead atoms. The molecule has 0 spiro atoms. The molecule has 1 saturated heterocycles. The Hall–Kier alpha value is -3.10. The van der Waals surface area contributed by atoms with Crippen molar-refractivity contribution in [3.63, 3.8) is 0 Å². The minimum Gasteiger partial charge on any atom is -0.394 e. The molecule has 0 saturated carbocycles. The Balaban J connectivity index is 1.85. The third-order valence-electron chi connectivity index (χ3n) is 7.48. The van der Waals surface area contributed by atoms with E-state index in [1.807, 2.05) is 26.1 Å². The first kappa shape index (κ1) is 26.0. The van der Waals surface area contributed by atoms with Crippen LogP contribution < -0.4 is 4.57 Å². The molecule has 2 aliphatic rings. The van der Waals surface area contributed by atoms with Gasteiger partial charge in [0.1, 0.15) is 24.6 Å². The van der Waals surface area contributed by atoms with Gasteiger partial charge in [-0.15, -0.1) is 0 Å². The molecular formula is C27H29F5N2O2+2. The summed E-state index contributed by atoms with van der Waals surface area (Å²) in [4.78, 5) is 12.3. The van der Waals surface area contributed by atoms with Gasteiger partial charge in [-0.25, -0.2) is 18.1 Å². The lowest BCUT2D eigenvalue weighted by atomic mass is 9.69. The second-order valence-corrected chi connectivity index (χ2v) is 9.31. The third kappa shape index (κ3) is 4.44. The van der Waals surface area contributed by atoms with Gasteiger partial charge in [-0.3, -0.25) is 0 Å². The van der Waals surface area contributed by atoms with Crippen LogP contribution in [0.2, 0.25) is 0 Å². The van der Waals surface area contributed by atoms with Crippen LogP contribution in [0.4, 0.5) is 22.0 Å². The molecule has 1 atom stereocenters. The molecule has 1 fully saturated rings. The van der Waals surface area contributed by atoms with Gasteiger partial charge in [0, 0.05) is 18.6 Å². The maximum Gasteiger partial charge on any atom is 0.422 e. The van der Waals surface area contributed by atoms with E-state index in [9.17, 15) is 22.4 Å². The van der Waals surface area contributed by atoms with Gasteiger partial charge >= 0.3 is 18.4 Å². The number of hydrogen-bond donors (Lipinski definition) is 0. The number of allylic oxidation sites excluding steroid dienone is 1. The number of hydrogen-bond acceptors (Lipinski definition) is 2. The Labute approximate surface area is 206 Å². The molecule has 36 heavy (non-hydrogen) atoms. The summed E-state index contributed by atoms with van der Waals surface area (Å²) in [5.41, 5.74) is -2.15. The molecule has 1 unspecified atom stereocenters. The van der Waals surface area contributed by atoms with E-state index in [0.29, 0.717) is 31.4 Å². The van der Waals surface area contributed by atoms with Crippen LogP contribution >= 0.6 is 0 Å². The topological polar surface area (TPSA) is 33.2 Å². The number of rotatable bonds is 7. The van der Waals surface area contributed by atoms with Crippen molar-refractivity contribution in [3.05, 3.63) is 65.0 Å². The van der Waals surface area contributed by atoms with Crippen LogP contribution in [0.3, 0.4) is 0 Å². The summed E-state index contributed by atoms with van der Waals surface area (Å²) >= 11 is 0. The van der Waals surface area contributed by atoms with E-state index in [0.717, 1.165) is 18.9 Å². The number of carbonyl (C=O) groups is 1. The second-order valence-electron chi connectivity index (χ2n) is 9.31. The smallest absolute Gasteiger partial charge is 0.394 e. The van der Waals surface area contributed by atoms with Crippen molar-refractivity contribution in [1.82, 2.24) is 0 Å². The normalized spacial score (nSPS) is 18.0. The fraction of sp³-hybridized carbons (Fsp3) is 0.444. The number of cyclic esters (lactones) is 1. The van der Waals surface area contributed by atoms with Crippen molar-refractivity contribution in [2.45, 2.75) is 70.2 Å². The highest BCUT2D eigenvalue weighted by Crippen LogP contribution is 2.46. The molecule has 3 heterocycles. The summed E-state index contributed by atoms with van der Waals surface area (Å²) in [5, 5.41) is 0. The second kappa shape index (κ2) is 9.75. The van der Waals surface area contributed by atoms with Crippen molar-refractivity contribution >= 4 is 12.2 Å². The predicted molar refractivity (Wildman–Crippen MR) is 123 cm³/mol. The van der Waals surface area contributed by atoms with Crippen LogP contribution in [0, 0.1) is 11.6 Å². The lowest BCUT2D eigenvalue weighted by Crippen LogP contribution is -2.34. The largest absolute Gasteiger partial charge is 0.422 e. The molecule has 0 aliphatic carbocycles. The number of benzene rings is 1. The first-order chi connectivity index (χ1) is 17.0. The Morgan fingerprint density at radius 2 is 1.83 bits per heavy atom. The molecular weight excluding hydrogens is 479 g/mol. The lowest BCUT2D eigenvalue weighted by molar-refractivity contribution is -0.660. The van der Waals surface area contributed by atoms with E-state index in [4.69, 9.17) is 4.74 Å². The highest BCUT2D eigenvalue weighted by atomic mass is 19.4. The molecule has 4 rings (SSSR count). The zero-order chi connectivity index (χ0) is 26.3. The number of nitrogens with zero attached hydrogens (tertiary/aromatic N) is 2. The highest BCUT2D eigenvalue weighted by Gasteiger charge is 2.47. The van der Waals surface area contributed by atoms with Crippen LogP contribution in [-0.2, 0) is 28.2 Å². The third-order valence-corrected chi connectivity index (χ3v) is 7.48. The molecule has 9 heteroatoms. The summed E-state index contributed by atoms with van der Waals surface area (Å²) in [6.45, 7) is 3.70. The van der Waals surface area contributed by atoms with E-state index in [-0.39, 0.29) is 16.8 Å². The number of aryl methyl sites for hydroxylation is 1. The standard InChI is InChI=1S/C27H29F5N2O2/c1-4-26(5-2,13-12-21-34-15-9-7-11-20(34)25(35)36-21)17-16-18(28)23(27(30,31)32)24(29)22(17)19-10-6-8-14-33(19)3/h6,8,10-11,14-16,21H,4-5,7,9,12-13H2,1-3H3/q+2. The number of halogens is 5. The summed E-state index contributed by atoms with van der Waals surface area (Å²) < 4.78 is 80.6. The van der Waals surface area contributed by atoms with Crippen LogP contribution in [0.25, 0.3) is 11.3 Å². The summed E-state index contributed by atoms with van der Waals surface area (Å²) in [7, 11) is 1.60. The van der Waals surface area contributed by atoms with E-state index in [1.54, 1.807) is 30.0 Å². The van der Waals surface area contributed by atoms with Gasteiger partial charge in [-0.05, 0) is 54.9 Å². The van der Waals surface area contributed by atoms with E-state index < -0.39 is 41.0 Å². The van der Waals surface area contributed by atoms with Crippen LogP contribution in [0.5, 0.6) is 0 Å². The number of fused-ring (bicyclic) bond motifs is 1. The maximum absolute atomic E-state index is 15.7. The molecule has 4 nitrogen and oxygen atoms in total. The molecule has 1 aromatic heterocycles. The van der Waals surface area contributed by atoms with Gasteiger partial charge in [0.15, 0.2) is 12.0 Å². The summed E-state index contributed by atoms with van der Waals surface area (Å²) in [6, 6.07) is 5.65. The predicted octanol–water partition coefficient (Wildman–Crippen LogP) is 5.96. The monoisotopic (exact) mass is 508 g/mol. The average molecular weight is 509 g/mol. The fourth-order valence-corrected chi connectivity index (χ4v) is 5.39. The Kier molecular flexibility index (Phi) is 7.03. The number of pyridine rings is 1. The number of alkyl halides is 3. The number of aromatic nitrogens is 1. The zero-order valence-corrected chi connectivity index (χ0v) is 20.5. The van der Waals surface area contributed by atoms with Gasteiger partial charge in [-0.1, -0.05) is 13.8 Å². The average Bonchev–Trinajstić information content (AvgIpc) is 3.15. The van der Waals surface area contributed by atoms with E-state index >= 15 is 4.39 Å². The van der Waals surface area contributed by atoms with Gasteiger partial charge < -0.3 is 4.74 Å². The van der Waals surface area contributed by atoms with Crippen molar-refractivity contribution in [1.29, 1.82) is 0 Å². The molecule has 0 N–H and O–H groups in total.